The van der Waals surface area contributed by atoms with Gasteiger partial charge < -0.3 is 14.5 Å². The van der Waals surface area contributed by atoms with Gasteiger partial charge in [-0.15, -0.1) is 15.3 Å². The quantitative estimate of drug-likeness (QED) is 0.429. The number of nitrogens with zero attached hydrogens (tertiary/aromatic N) is 6. The molecule has 0 amide bonds. The molecule has 4 rings (SSSR count). The molecule has 33 heavy (non-hydrogen) atoms. The van der Waals surface area contributed by atoms with Gasteiger partial charge in [-0.3, -0.25) is 9.78 Å². The van der Waals surface area contributed by atoms with Gasteiger partial charge in [0.2, 0.25) is 11.8 Å². The zero-order valence-electron chi connectivity index (χ0n) is 17.0. The molecule has 1 atom stereocenters. The average molecular weight is 464 g/mol. The molecule has 0 aliphatic rings. The van der Waals surface area contributed by atoms with Gasteiger partial charge in [-0.2, -0.15) is 13.2 Å². The van der Waals surface area contributed by atoms with E-state index >= 15 is 0 Å². The number of aromatic amines is 2. The monoisotopic (exact) mass is 464 g/mol. The van der Waals surface area contributed by atoms with Crippen molar-refractivity contribution in [1.82, 2.24) is 39.9 Å². The lowest BCUT2D eigenvalue weighted by molar-refractivity contribution is -0.154. The van der Waals surface area contributed by atoms with Gasteiger partial charge in [0.1, 0.15) is 18.1 Å². The summed E-state index contributed by atoms with van der Waals surface area (Å²) in [4.78, 5) is 35.5. The Bertz CT molecular complexity index is 1430. The van der Waals surface area contributed by atoms with Crippen molar-refractivity contribution in [3.63, 3.8) is 0 Å². The summed E-state index contributed by atoms with van der Waals surface area (Å²) in [5, 5.41) is 12.7. The first-order valence-electron chi connectivity index (χ1n) is 9.31. The molecule has 0 aromatic carbocycles. The van der Waals surface area contributed by atoms with Crippen LogP contribution in [0.3, 0.4) is 0 Å². The molecular weight excluding hydrogens is 449 g/mol. The van der Waals surface area contributed by atoms with E-state index in [1.165, 1.54) is 23.0 Å². The van der Waals surface area contributed by atoms with Crippen LogP contribution in [-0.2, 0) is 7.05 Å². The van der Waals surface area contributed by atoms with E-state index in [2.05, 4.69) is 40.0 Å². The van der Waals surface area contributed by atoms with Gasteiger partial charge in [0.25, 0.3) is 5.56 Å². The Labute approximate surface area is 181 Å². The fraction of sp³-hybridized carbons (Fsp3) is 0.278. The van der Waals surface area contributed by atoms with Gasteiger partial charge >= 0.3 is 11.9 Å². The lowest BCUT2D eigenvalue weighted by Gasteiger charge is -2.13. The van der Waals surface area contributed by atoms with Crippen molar-refractivity contribution in [2.75, 3.05) is 6.61 Å². The second-order valence-corrected chi connectivity index (χ2v) is 6.83. The molecule has 172 valence electrons. The first kappa shape index (κ1) is 21.9. The number of nitrogens with one attached hydrogen (secondary N) is 2. The largest absolute Gasteiger partial charge is 0.468 e. The molecule has 2 N–H and O–H groups in total. The van der Waals surface area contributed by atoms with Gasteiger partial charge in [-0.1, -0.05) is 0 Å². The molecule has 0 spiro atoms. The maximum Gasteiger partial charge on any atom is 0.422 e. The fourth-order valence-electron chi connectivity index (χ4n) is 2.88. The van der Waals surface area contributed by atoms with Crippen molar-refractivity contribution in [1.29, 1.82) is 0 Å². The zero-order valence-corrected chi connectivity index (χ0v) is 17.0. The number of halogens is 3. The Morgan fingerprint density at radius 1 is 1.18 bits per heavy atom. The summed E-state index contributed by atoms with van der Waals surface area (Å²) < 4.78 is 49.1. The third-order valence-electron chi connectivity index (χ3n) is 4.40. The highest BCUT2D eigenvalue weighted by molar-refractivity contribution is 5.84. The molecule has 4 aromatic rings. The standard InChI is InChI=1S/C18H15F3N8O4/c1-8(11-4-13(24-7-23-11)32-6-18(19,20)21)33-16-9-3-12(26-27-14(9)29(2)28-16)10-5-22-17(31)25-15(10)30/h3-5,7-8H,6H2,1-2H3,(H2,22,25,30,31)/t8-/m0/s1. The molecule has 4 aromatic heterocycles. The second-order valence-electron chi connectivity index (χ2n) is 6.83. The average Bonchev–Trinajstić information content (AvgIpc) is 3.06. The lowest BCUT2D eigenvalue weighted by atomic mass is 10.2. The summed E-state index contributed by atoms with van der Waals surface area (Å²) >= 11 is 0. The van der Waals surface area contributed by atoms with Gasteiger partial charge in [0.15, 0.2) is 12.3 Å². The number of H-pyrrole nitrogens is 2. The predicted octanol–water partition coefficient (Wildman–Crippen LogP) is 1.28. The van der Waals surface area contributed by atoms with E-state index in [-0.39, 0.29) is 28.7 Å². The van der Waals surface area contributed by atoms with Crippen molar-refractivity contribution in [3.05, 3.63) is 51.2 Å². The van der Waals surface area contributed by atoms with E-state index in [1.807, 2.05) is 0 Å². The van der Waals surface area contributed by atoms with Crippen LogP contribution in [0.1, 0.15) is 18.7 Å². The van der Waals surface area contributed by atoms with Crippen LogP contribution in [0.4, 0.5) is 13.2 Å². The summed E-state index contributed by atoms with van der Waals surface area (Å²) in [6, 6.07) is 2.74. The number of aryl methyl sites for hydroxylation is 1. The number of rotatable bonds is 6. The molecule has 0 fully saturated rings. The number of fused-ring (bicyclic) bond motifs is 1. The van der Waals surface area contributed by atoms with Crippen LogP contribution in [0, 0.1) is 0 Å². The predicted molar refractivity (Wildman–Crippen MR) is 106 cm³/mol. The van der Waals surface area contributed by atoms with Crippen LogP contribution in [0.25, 0.3) is 22.3 Å². The highest BCUT2D eigenvalue weighted by Gasteiger charge is 2.29. The smallest absolute Gasteiger partial charge is 0.422 e. The molecule has 15 heteroatoms. The number of aromatic nitrogens is 8. The summed E-state index contributed by atoms with van der Waals surface area (Å²) in [5.41, 5.74) is -0.483. The van der Waals surface area contributed by atoms with Crippen molar-refractivity contribution in [3.8, 4) is 23.0 Å². The highest BCUT2D eigenvalue weighted by atomic mass is 19.4. The molecule has 0 aliphatic heterocycles. The third-order valence-corrected chi connectivity index (χ3v) is 4.40. The molecule has 0 unspecified atom stereocenters. The van der Waals surface area contributed by atoms with Crippen LogP contribution in [0.5, 0.6) is 11.8 Å². The molecule has 0 saturated carbocycles. The zero-order chi connectivity index (χ0) is 23.8. The molecule has 12 nitrogen and oxygen atoms in total. The van der Waals surface area contributed by atoms with E-state index in [4.69, 9.17) is 4.74 Å². The summed E-state index contributed by atoms with van der Waals surface area (Å²) in [6.45, 7) is 0.119. The van der Waals surface area contributed by atoms with E-state index < -0.39 is 30.1 Å². The molecule has 0 bridgehead atoms. The van der Waals surface area contributed by atoms with Gasteiger partial charge in [0, 0.05) is 19.3 Å². The summed E-state index contributed by atoms with van der Waals surface area (Å²) in [6.07, 6.45) is -3.00. The third kappa shape index (κ3) is 4.81. The van der Waals surface area contributed by atoms with Crippen LogP contribution in [-0.4, -0.2) is 52.7 Å². The minimum atomic E-state index is -4.51. The Morgan fingerprint density at radius 2 is 1.97 bits per heavy atom. The van der Waals surface area contributed by atoms with Crippen molar-refractivity contribution in [2.45, 2.75) is 19.2 Å². The molecule has 0 aliphatic carbocycles. The van der Waals surface area contributed by atoms with Gasteiger partial charge in [-0.05, 0) is 13.0 Å². The topological polar surface area (TPSA) is 154 Å². The molecular formula is C18H15F3N8O4. The normalized spacial score (nSPS) is 12.6. The highest BCUT2D eigenvalue weighted by Crippen LogP contribution is 2.29. The van der Waals surface area contributed by atoms with Gasteiger partial charge in [-0.25, -0.2) is 19.4 Å². The van der Waals surface area contributed by atoms with Gasteiger partial charge in [0.05, 0.1) is 16.6 Å². The molecule has 4 heterocycles. The maximum absolute atomic E-state index is 12.4. The minimum absolute atomic E-state index is 0.0779. The summed E-state index contributed by atoms with van der Waals surface area (Å²) in [7, 11) is 1.61. The first-order valence-corrected chi connectivity index (χ1v) is 9.31. The van der Waals surface area contributed by atoms with Crippen molar-refractivity contribution < 1.29 is 22.6 Å². The van der Waals surface area contributed by atoms with Crippen molar-refractivity contribution >= 4 is 11.0 Å². The van der Waals surface area contributed by atoms with Crippen molar-refractivity contribution in [2.24, 2.45) is 7.05 Å². The Kier molecular flexibility index (Phi) is 5.53. The van der Waals surface area contributed by atoms with Crippen LogP contribution in [0.15, 0.2) is 34.2 Å². The molecule has 0 saturated heterocycles. The Balaban J connectivity index is 1.63. The Hall–Kier alpha value is -4.30. The van der Waals surface area contributed by atoms with E-state index in [1.54, 1.807) is 14.0 Å². The SMILES string of the molecule is C[C@H](Oc1nn(C)c2nnc(-c3c[nH]c(=O)[nH]c3=O)cc12)c1cc(OCC(F)(F)F)ncn1. The fourth-order valence-corrected chi connectivity index (χ4v) is 2.88. The second kappa shape index (κ2) is 8.33. The van der Waals surface area contributed by atoms with Crippen LogP contribution < -0.4 is 20.7 Å². The van der Waals surface area contributed by atoms with Crippen LogP contribution in [0.2, 0.25) is 0 Å². The van der Waals surface area contributed by atoms with E-state index in [0.29, 0.717) is 11.0 Å². The van der Waals surface area contributed by atoms with Crippen LogP contribution >= 0.6 is 0 Å². The van der Waals surface area contributed by atoms with E-state index in [9.17, 15) is 22.8 Å². The number of hydrogen-bond donors (Lipinski definition) is 2. The first-order chi connectivity index (χ1) is 15.6. The number of hydrogen-bond acceptors (Lipinski definition) is 9. The number of ether oxygens (including phenoxy) is 2. The van der Waals surface area contributed by atoms with E-state index in [0.717, 1.165) is 6.33 Å². The summed E-state index contributed by atoms with van der Waals surface area (Å²) in [5.74, 6) is -0.141. The minimum Gasteiger partial charge on any atom is -0.468 e. The molecule has 0 radical (unpaired) electrons. The number of alkyl halides is 3. The lowest BCUT2D eigenvalue weighted by Crippen LogP contribution is -2.22. The Morgan fingerprint density at radius 3 is 2.70 bits per heavy atom. The maximum atomic E-state index is 12.4.